The lowest BCUT2D eigenvalue weighted by Gasteiger charge is -1.90. The average molecular weight is 196 g/mol. The first-order chi connectivity index (χ1) is 6.77. The van der Waals surface area contributed by atoms with Gasteiger partial charge in [0.15, 0.2) is 0 Å². The van der Waals surface area contributed by atoms with Gasteiger partial charge in [-0.05, 0) is 19.3 Å². The number of hydrogen-bond donors (Lipinski definition) is 1. The second-order valence-corrected chi connectivity index (χ2v) is 3.27. The van der Waals surface area contributed by atoms with Crippen molar-refractivity contribution in [1.29, 1.82) is 0 Å². The number of rotatable bonds is 8. The minimum absolute atomic E-state index is 0.129. The molecule has 0 aromatic heterocycles. The van der Waals surface area contributed by atoms with Crippen LogP contribution in [-0.4, -0.2) is 11.1 Å². The fourth-order valence-electron chi connectivity index (χ4n) is 1.09. The molecule has 0 aliphatic heterocycles. The normalized spacial score (nSPS) is 11.5. The van der Waals surface area contributed by atoms with Crippen LogP contribution in [0.2, 0.25) is 0 Å². The molecule has 2 nitrogen and oxygen atoms in total. The Hall–Kier alpha value is -1.05. The zero-order valence-corrected chi connectivity index (χ0v) is 8.91. The first-order valence-electron chi connectivity index (χ1n) is 5.29. The molecule has 0 rings (SSSR count). The minimum atomic E-state index is -0.770. The highest BCUT2D eigenvalue weighted by molar-refractivity contribution is 5.68. The van der Waals surface area contributed by atoms with Crippen molar-refractivity contribution in [2.75, 3.05) is 0 Å². The van der Waals surface area contributed by atoms with E-state index < -0.39 is 5.97 Å². The van der Waals surface area contributed by atoms with E-state index in [2.05, 4.69) is 19.1 Å². The van der Waals surface area contributed by atoms with Gasteiger partial charge in [0.25, 0.3) is 0 Å². The summed E-state index contributed by atoms with van der Waals surface area (Å²) in [5.74, 6) is -0.770. The van der Waals surface area contributed by atoms with Gasteiger partial charge in [-0.2, -0.15) is 0 Å². The number of carboxylic acid groups (broad SMARTS) is 1. The van der Waals surface area contributed by atoms with Gasteiger partial charge in [-0.3, -0.25) is 4.79 Å². The molecule has 0 saturated heterocycles. The van der Waals surface area contributed by atoms with Crippen LogP contribution in [0, 0.1) is 0 Å². The maximum atomic E-state index is 10.1. The van der Waals surface area contributed by atoms with Crippen molar-refractivity contribution < 1.29 is 9.90 Å². The van der Waals surface area contributed by atoms with Crippen molar-refractivity contribution in [1.82, 2.24) is 0 Å². The molecule has 0 aromatic carbocycles. The average Bonchev–Trinajstić information content (AvgIpc) is 2.15. The molecule has 0 heterocycles. The molecule has 0 radical (unpaired) electrons. The highest BCUT2D eigenvalue weighted by Crippen LogP contribution is 2.00. The summed E-state index contributed by atoms with van der Waals surface area (Å²) in [4.78, 5) is 10.1. The van der Waals surface area contributed by atoms with Crippen molar-refractivity contribution in [2.24, 2.45) is 0 Å². The Morgan fingerprint density at radius 3 is 2.50 bits per heavy atom. The first kappa shape index (κ1) is 12.9. The van der Waals surface area contributed by atoms with Crippen molar-refractivity contribution in [3.8, 4) is 0 Å². The van der Waals surface area contributed by atoms with E-state index in [0.717, 1.165) is 12.8 Å². The lowest BCUT2D eigenvalue weighted by Crippen LogP contribution is -1.89. The number of carboxylic acids is 1. The lowest BCUT2D eigenvalue weighted by atomic mass is 10.2. The molecule has 0 saturated carbocycles. The maximum Gasteiger partial charge on any atom is 0.307 e. The van der Waals surface area contributed by atoms with E-state index in [-0.39, 0.29) is 6.42 Å². The molecule has 0 fully saturated rings. The second kappa shape index (κ2) is 10.0. The van der Waals surface area contributed by atoms with Gasteiger partial charge < -0.3 is 5.11 Å². The Balaban J connectivity index is 3.25. The van der Waals surface area contributed by atoms with Crippen LogP contribution in [0.1, 0.15) is 45.4 Å². The monoisotopic (exact) mass is 196 g/mol. The Kier molecular flexibility index (Phi) is 9.28. The predicted octanol–water partition coefficient (Wildman–Crippen LogP) is 3.54. The van der Waals surface area contributed by atoms with Crippen molar-refractivity contribution in [2.45, 2.75) is 45.4 Å². The van der Waals surface area contributed by atoms with Crippen molar-refractivity contribution in [3.63, 3.8) is 0 Å². The summed E-state index contributed by atoms with van der Waals surface area (Å²) >= 11 is 0. The van der Waals surface area contributed by atoms with Gasteiger partial charge >= 0.3 is 5.97 Å². The third-order valence-corrected chi connectivity index (χ3v) is 1.87. The summed E-state index contributed by atoms with van der Waals surface area (Å²) in [6.45, 7) is 2.19. The molecule has 0 amide bonds. The Bertz CT molecular complexity index is 192. The summed E-state index contributed by atoms with van der Waals surface area (Å²) in [6.07, 6.45) is 13.8. The summed E-state index contributed by atoms with van der Waals surface area (Å²) in [5.41, 5.74) is 0. The van der Waals surface area contributed by atoms with Crippen LogP contribution in [-0.2, 0) is 4.79 Å². The molecule has 2 heteroatoms. The van der Waals surface area contributed by atoms with E-state index in [1.54, 1.807) is 6.08 Å². The zero-order valence-electron chi connectivity index (χ0n) is 8.91. The SMILES string of the molecule is CCCCC/C=C\C/C=C\CC(=O)O. The Labute approximate surface area is 86.3 Å². The number of hydrogen-bond acceptors (Lipinski definition) is 1. The quantitative estimate of drug-likeness (QED) is 0.476. The molecule has 80 valence electrons. The largest absolute Gasteiger partial charge is 0.481 e. The smallest absolute Gasteiger partial charge is 0.307 e. The van der Waals surface area contributed by atoms with Crippen LogP contribution < -0.4 is 0 Å². The summed E-state index contributed by atoms with van der Waals surface area (Å²) in [7, 11) is 0. The highest BCUT2D eigenvalue weighted by Gasteiger charge is 1.87. The molecule has 0 unspecified atom stereocenters. The molecule has 0 aliphatic carbocycles. The number of unbranched alkanes of at least 4 members (excludes halogenated alkanes) is 3. The molecular formula is C12H20O2. The molecule has 14 heavy (non-hydrogen) atoms. The van der Waals surface area contributed by atoms with Crippen LogP contribution in [0.25, 0.3) is 0 Å². The van der Waals surface area contributed by atoms with Gasteiger partial charge in [-0.1, -0.05) is 44.1 Å². The Morgan fingerprint density at radius 2 is 1.86 bits per heavy atom. The van der Waals surface area contributed by atoms with Gasteiger partial charge in [-0.15, -0.1) is 0 Å². The van der Waals surface area contributed by atoms with E-state index in [4.69, 9.17) is 5.11 Å². The van der Waals surface area contributed by atoms with Gasteiger partial charge in [0, 0.05) is 0 Å². The van der Waals surface area contributed by atoms with E-state index in [1.807, 2.05) is 6.08 Å². The number of allylic oxidation sites excluding steroid dienone is 3. The lowest BCUT2D eigenvalue weighted by molar-refractivity contribution is -0.136. The highest BCUT2D eigenvalue weighted by atomic mass is 16.4. The summed E-state index contributed by atoms with van der Waals surface area (Å²) in [6, 6.07) is 0. The standard InChI is InChI=1S/C12H20O2/c1-2-3-4-5-6-7-8-9-10-11-12(13)14/h6-7,9-10H,2-5,8,11H2,1H3,(H,13,14)/b7-6-,10-9-. The number of carbonyl (C=O) groups is 1. The topological polar surface area (TPSA) is 37.3 Å². The van der Waals surface area contributed by atoms with Gasteiger partial charge in [0.1, 0.15) is 0 Å². The number of aliphatic carboxylic acids is 1. The summed E-state index contributed by atoms with van der Waals surface area (Å²) in [5, 5.41) is 8.34. The molecule has 0 aromatic rings. The van der Waals surface area contributed by atoms with Crippen LogP contribution in [0.3, 0.4) is 0 Å². The van der Waals surface area contributed by atoms with Crippen LogP contribution in [0.15, 0.2) is 24.3 Å². The van der Waals surface area contributed by atoms with E-state index in [9.17, 15) is 4.79 Å². The third kappa shape index (κ3) is 11.0. The molecule has 0 aliphatic rings. The zero-order chi connectivity index (χ0) is 10.6. The van der Waals surface area contributed by atoms with Crippen LogP contribution >= 0.6 is 0 Å². The Morgan fingerprint density at radius 1 is 1.14 bits per heavy atom. The van der Waals surface area contributed by atoms with E-state index in [1.165, 1.54) is 19.3 Å². The molecule has 0 atom stereocenters. The van der Waals surface area contributed by atoms with E-state index >= 15 is 0 Å². The second-order valence-electron chi connectivity index (χ2n) is 3.27. The molecule has 1 N–H and O–H groups in total. The molecule has 0 spiro atoms. The van der Waals surface area contributed by atoms with Gasteiger partial charge in [0.2, 0.25) is 0 Å². The van der Waals surface area contributed by atoms with Gasteiger partial charge in [-0.25, -0.2) is 0 Å². The first-order valence-corrected chi connectivity index (χ1v) is 5.29. The van der Waals surface area contributed by atoms with E-state index in [0.29, 0.717) is 0 Å². The maximum absolute atomic E-state index is 10.1. The molecule has 0 bridgehead atoms. The summed E-state index contributed by atoms with van der Waals surface area (Å²) < 4.78 is 0. The molecular weight excluding hydrogens is 176 g/mol. The van der Waals surface area contributed by atoms with Crippen LogP contribution in [0.5, 0.6) is 0 Å². The van der Waals surface area contributed by atoms with Crippen molar-refractivity contribution >= 4 is 5.97 Å². The van der Waals surface area contributed by atoms with Gasteiger partial charge in [0.05, 0.1) is 6.42 Å². The van der Waals surface area contributed by atoms with Crippen LogP contribution in [0.4, 0.5) is 0 Å². The minimum Gasteiger partial charge on any atom is -0.481 e. The van der Waals surface area contributed by atoms with Crippen molar-refractivity contribution in [3.05, 3.63) is 24.3 Å². The fraction of sp³-hybridized carbons (Fsp3) is 0.583. The predicted molar refractivity (Wildman–Crippen MR) is 59.3 cm³/mol. The third-order valence-electron chi connectivity index (χ3n) is 1.87. The fourth-order valence-corrected chi connectivity index (χ4v) is 1.09.